The quantitative estimate of drug-likeness (QED) is 0.527. The number of ether oxygens (including phenoxy) is 2. The zero-order valence-corrected chi connectivity index (χ0v) is 20.8. The summed E-state index contributed by atoms with van der Waals surface area (Å²) in [5.74, 6) is -2.19. The van der Waals surface area contributed by atoms with Crippen LogP contribution in [-0.2, 0) is 23.9 Å². The van der Waals surface area contributed by atoms with E-state index < -0.39 is 29.6 Å². The Morgan fingerprint density at radius 1 is 1.18 bits per heavy atom. The molecule has 0 radical (unpaired) electrons. The van der Waals surface area contributed by atoms with E-state index in [2.05, 4.69) is 26.6 Å². The van der Waals surface area contributed by atoms with E-state index in [0.717, 1.165) is 30.2 Å². The molecule has 1 spiro atoms. The maximum atomic E-state index is 13.7. The number of nitrogens with zero attached hydrogens (tertiary/aromatic N) is 1. The fourth-order valence-corrected chi connectivity index (χ4v) is 6.25. The number of amides is 3. The number of anilines is 1. The zero-order valence-electron chi connectivity index (χ0n) is 19.2. The lowest BCUT2D eigenvalue weighted by atomic mass is 9.74. The zero-order chi connectivity index (χ0) is 23.9. The molecule has 3 aliphatic heterocycles. The standard InChI is InChI=1S/C25H30BrN3O5/c1-33-14-13-29-21(23(31)28-16-5-3-2-4-6-16)25-12-11-18(34-25)19(20(25)24(29)32)22(30)27-17-9-7-15(26)8-10-17/h7-12,16,18-21H,2-6,13-14H2,1H3,(H,27,30)(H,28,31)/t18-,19+,20-,21+,25+/m1/s1. The Morgan fingerprint density at radius 3 is 2.62 bits per heavy atom. The van der Waals surface area contributed by atoms with Gasteiger partial charge in [-0.25, -0.2) is 0 Å². The van der Waals surface area contributed by atoms with Crippen LogP contribution in [0.3, 0.4) is 0 Å². The van der Waals surface area contributed by atoms with Crippen LogP contribution in [0.1, 0.15) is 32.1 Å². The summed E-state index contributed by atoms with van der Waals surface area (Å²) < 4.78 is 12.5. The van der Waals surface area contributed by atoms with Crippen LogP contribution >= 0.6 is 15.9 Å². The second-order valence-electron chi connectivity index (χ2n) is 9.57. The number of fused-ring (bicyclic) bond motifs is 1. The van der Waals surface area contributed by atoms with Gasteiger partial charge in [-0.05, 0) is 37.1 Å². The van der Waals surface area contributed by atoms with Crippen molar-refractivity contribution in [3.63, 3.8) is 0 Å². The molecular formula is C25H30BrN3O5. The van der Waals surface area contributed by atoms with Crippen LogP contribution in [0, 0.1) is 11.8 Å². The predicted octanol–water partition coefficient (Wildman–Crippen LogP) is 2.63. The van der Waals surface area contributed by atoms with Crippen LogP contribution in [-0.4, -0.2) is 66.7 Å². The molecule has 3 amide bonds. The first-order chi connectivity index (χ1) is 16.4. The molecular weight excluding hydrogens is 502 g/mol. The Balaban J connectivity index is 1.42. The minimum Gasteiger partial charge on any atom is -0.383 e. The van der Waals surface area contributed by atoms with Gasteiger partial charge >= 0.3 is 0 Å². The van der Waals surface area contributed by atoms with Crippen molar-refractivity contribution in [2.24, 2.45) is 11.8 Å². The second kappa shape index (κ2) is 9.43. The first-order valence-corrected chi connectivity index (χ1v) is 12.8. The average Bonchev–Trinajstić information content (AvgIpc) is 3.47. The van der Waals surface area contributed by atoms with Gasteiger partial charge in [0.1, 0.15) is 11.6 Å². The Bertz CT molecular complexity index is 993. The van der Waals surface area contributed by atoms with E-state index >= 15 is 0 Å². The van der Waals surface area contributed by atoms with E-state index in [1.54, 1.807) is 24.1 Å². The summed E-state index contributed by atoms with van der Waals surface area (Å²) in [5, 5.41) is 6.10. The monoisotopic (exact) mass is 531 g/mol. The summed E-state index contributed by atoms with van der Waals surface area (Å²) in [4.78, 5) is 42.2. The third kappa shape index (κ3) is 3.97. The van der Waals surface area contributed by atoms with Crippen LogP contribution in [0.5, 0.6) is 0 Å². The van der Waals surface area contributed by atoms with Gasteiger partial charge in [0.05, 0.1) is 24.5 Å². The first-order valence-electron chi connectivity index (χ1n) is 12.0. The largest absolute Gasteiger partial charge is 0.383 e. The number of hydrogen-bond acceptors (Lipinski definition) is 5. The Kier molecular flexibility index (Phi) is 6.52. The Morgan fingerprint density at radius 2 is 1.91 bits per heavy atom. The van der Waals surface area contributed by atoms with Crippen LogP contribution < -0.4 is 10.6 Å². The lowest BCUT2D eigenvalue weighted by Gasteiger charge is -2.34. The number of halogens is 1. The van der Waals surface area contributed by atoms with Gasteiger partial charge in [0, 0.05) is 29.9 Å². The summed E-state index contributed by atoms with van der Waals surface area (Å²) >= 11 is 3.39. The van der Waals surface area contributed by atoms with Gasteiger partial charge in [0.15, 0.2) is 0 Å². The van der Waals surface area contributed by atoms with Crippen molar-refractivity contribution in [2.75, 3.05) is 25.6 Å². The van der Waals surface area contributed by atoms with Gasteiger partial charge in [-0.2, -0.15) is 0 Å². The highest BCUT2D eigenvalue weighted by Gasteiger charge is 2.72. The van der Waals surface area contributed by atoms with Crippen molar-refractivity contribution < 1.29 is 23.9 Å². The molecule has 34 heavy (non-hydrogen) atoms. The molecule has 0 unspecified atom stereocenters. The third-order valence-corrected chi connectivity index (χ3v) is 8.05. The number of rotatable bonds is 7. The van der Waals surface area contributed by atoms with Crippen molar-refractivity contribution in [3.05, 3.63) is 40.9 Å². The Hall–Kier alpha value is -2.23. The smallest absolute Gasteiger partial charge is 0.246 e. The SMILES string of the molecule is COCCN1C(=O)[C@H]2[C@@H](C(=O)Nc3ccc(Br)cc3)[C@H]3C=C[C@@]2(O3)[C@@H]1C(=O)NC1CCCCC1. The molecule has 2 bridgehead atoms. The van der Waals surface area contributed by atoms with Crippen molar-refractivity contribution in [2.45, 2.75) is 55.9 Å². The molecule has 1 saturated carbocycles. The number of carbonyl (C=O) groups excluding carboxylic acids is 3. The summed E-state index contributed by atoms with van der Waals surface area (Å²) in [6.07, 6.45) is 8.37. The molecule has 5 atom stereocenters. The minimum absolute atomic E-state index is 0.107. The molecule has 1 aromatic carbocycles. The van der Waals surface area contributed by atoms with E-state index in [-0.39, 0.29) is 30.3 Å². The topological polar surface area (TPSA) is 97.0 Å². The second-order valence-corrected chi connectivity index (χ2v) is 10.5. The van der Waals surface area contributed by atoms with Crippen LogP contribution in [0.2, 0.25) is 0 Å². The molecule has 9 heteroatoms. The van der Waals surface area contributed by atoms with Gasteiger partial charge in [-0.1, -0.05) is 47.3 Å². The lowest BCUT2D eigenvalue weighted by molar-refractivity contribution is -0.142. The average molecular weight is 532 g/mol. The fourth-order valence-electron chi connectivity index (χ4n) is 5.98. The van der Waals surface area contributed by atoms with E-state index in [4.69, 9.17) is 9.47 Å². The highest BCUT2D eigenvalue weighted by Crippen LogP contribution is 2.55. The van der Waals surface area contributed by atoms with Gasteiger partial charge in [-0.3, -0.25) is 14.4 Å². The van der Waals surface area contributed by atoms with Crippen molar-refractivity contribution >= 4 is 39.3 Å². The highest BCUT2D eigenvalue weighted by molar-refractivity contribution is 9.10. The van der Waals surface area contributed by atoms with Gasteiger partial charge in [0.25, 0.3) is 0 Å². The van der Waals surface area contributed by atoms with Crippen molar-refractivity contribution in [1.82, 2.24) is 10.2 Å². The lowest BCUT2D eigenvalue weighted by Crippen LogP contribution is -2.57. The maximum Gasteiger partial charge on any atom is 0.246 e. The van der Waals surface area contributed by atoms with Gasteiger partial charge < -0.3 is 25.0 Å². The molecule has 3 heterocycles. The number of methoxy groups -OCH3 is 1. The summed E-state index contributed by atoms with van der Waals surface area (Å²) in [6, 6.07) is 6.55. The molecule has 1 aromatic rings. The number of carbonyl (C=O) groups is 3. The minimum atomic E-state index is -1.14. The molecule has 4 aliphatic rings. The predicted molar refractivity (Wildman–Crippen MR) is 129 cm³/mol. The van der Waals surface area contributed by atoms with Crippen LogP contribution in [0.25, 0.3) is 0 Å². The number of nitrogens with one attached hydrogen (secondary N) is 2. The molecule has 0 aromatic heterocycles. The van der Waals surface area contributed by atoms with Gasteiger partial charge in [0.2, 0.25) is 17.7 Å². The number of hydrogen-bond donors (Lipinski definition) is 2. The first kappa shape index (κ1) is 23.5. The summed E-state index contributed by atoms with van der Waals surface area (Å²) in [7, 11) is 1.56. The number of benzene rings is 1. The molecule has 2 N–H and O–H groups in total. The van der Waals surface area contributed by atoms with E-state index in [1.165, 1.54) is 6.42 Å². The molecule has 182 valence electrons. The van der Waals surface area contributed by atoms with Gasteiger partial charge in [-0.15, -0.1) is 0 Å². The molecule has 2 saturated heterocycles. The van der Waals surface area contributed by atoms with Crippen LogP contribution in [0.4, 0.5) is 5.69 Å². The Labute approximate surface area is 207 Å². The normalized spacial score (nSPS) is 32.2. The number of likely N-dealkylation sites (tertiary alicyclic amines) is 1. The maximum absolute atomic E-state index is 13.7. The summed E-state index contributed by atoms with van der Waals surface area (Å²) in [5.41, 5.74) is -0.502. The van der Waals surface area contributed by atoms with E-state index in [0.29, 0.717) is 12.3 Å². The molecule has 8 nitrogen and oxygen atoms in total. The van der Waals surface area contributed by atoms with Crippen LogP contribution in [0.15, 0.2) is 40.9 Å². The highest BCUT2D eigenvalue weighted by atomic mass is 79.9. The third-order valence-electron chi connectivity index (χ3n) is 7.52. The molecule has 5 rings (SSSR count). The van der Waals surface area contributed by atoms with Crippen molar-refractivity contribution in [1.29, 1.82) is 0 Å². The van der Waals surface area contributed by atoms with E-state index in [9.17, 15) is 14.4 Å². The van der Waals surface area contributed by atoms with Crippen molar-refractivity contribution in [3.8, 4) is 0 Å². The molecule has 3 fully saturated rings. The summed E-state index contributed by atoms with van der Waals surface area (Å²) in [6.45, 7) is 0.559. The molecule has 1 aliphatic carbocycles. The fraction of sp³-hybridized carbons (Fsp3) is 0.560. The van der Waals surface area contributed by atoms with E-state index in [1.807, 2.05) is 24.3 Å².